The van der Waals surface area contributed by atoms with Crippen molar-refractivity contribution in [3.8, 4) is 22.7 Å². The molecule has 0 atom stereocenters. The van der Waals surface area contributed by atoms with Crippen LogP contribution in [0, 0.1) is 0 Å². The van der Waals surface area contributed by atoms with Crippen molar-refractivity contribution in [1.29, 1.82) is 0 Å². The van der Waals surface area contributed by atoms with E-state index in [1.165, 1.54) is 0 Å². The quantitative estimate of drug-likeness (QED) is 0.413. The summed E-state index contributed by atoms with van der Waals surface area (Å²) in [6, 6.07) is 15.8. The summed E-state index contributed by atoms with van der Waals surface area (Å²) in [7, 11) is 0. The van der Waals surface area contributed by atoms with Gasteiger partial charge in [0.15, 0.2) is 11.2 Å². The van der Waals surface area contributed by atoms with Crippen molar-refractivity contribution >= 4 is 21.9 Å². The molecule has 158 valence electrons. The van der Waals surface area contributed by atoms with E-state index in [9.17, 15) is 0 Å². The minimum Gasteiger partial charge on any atom is -0.451 e. The Kier molecular flexibility index (Phi) is 3.65. The predicted octanol–water partition coefficient (Wildman–Crippen LogP) is 4.33. The van der Waals surface area contributed by atoms with E-state index in [1.54, 1.807) is 34.2 Å². The lowest BCUT2D eigenvalue weighted by molar-refractivity contribution is 0.655. The fourth-order valence-electron chi connectivity index (χ4n) is 4.18. The first-order valence-electron chi connectivity index (χ1n) is 10.4. The molecular formula is C24H16N8O. The van der Waals surface area contributed by atoms with Crippen LogP contribution in [0.25, 0.3) is 44.7 Å². The number of hydrogen-bond acceptors (Lipinski definition) is 5. The molecule has 2 aromatic carbocycles. The zero-order valence-corrected chi connectivity index (χ0v) is 17.2. The Morgan fingerprint density at radius 3 is 1.24 bits per heavy atom. The molecule has 7 rings (SSSR count). The number of rotatable bonds is 4. The number of benzene rings is 2. The molecule has 5 aromatic heterocycles. The zero-order valence-electron chi connectivity index (χ0n) is 17.2. The summed E-state index contributed by atoms with van der Waals surface area (Å²) in [6.07, 6.45) is 14.7. The normalized spacial score (nSPS) is 11.6. The maximum absolute atomic E-state index is 6.53. The van der Waals surface area contributed by atoms with E-state index < -0.39 is 0 Å². The molecule has 0 fully saturated rings. The summed E-state index contributed by atoms with van der Waals surface area (Å²) in [4.78, 5) is 0. The SMILES string of the molecule is c1cnn(-c2cc(-n3cccn3)c3oc4c(-n5cccn5)cc(-n5cccn5)cc4c3c2)c1. The number of aromatic nitrogens is 8. The molecule has 0 amide bonds. The third-order valence-electron chi connectivity index (χ3n) is 5.64. The fraction of sp³-hybridized carbons (Fsp3) is 0. The number of furan rings is 1. The van der Waals surface area contributed by atoms with Gasteiger partial charge in [-0.25, -0.2) is 18.7 Å². The van der Waals surface area contributed by atoms with E-state index in [0.29, 0.717) is 0 Å². The number of nitrogens with zero attached hydrogens (tertiary/aromatic N) is 8. The Labute approximate surface area is 186 Å². The van der Waals surface area contributed by atoms with Crippen LogP contribution in [0.5, 0.6) is 0 Å². The molecule has 0 saturated heterocycles. The van der Waals surface area contributed by atoms with Crippen LogP contribution in [0.2, 0.25) is 0 Å². The van der Waals surface area contributed by atoms with Crippen molar-refractivity contribution in [1.82, 2.24) is 39.1 Å². The van der Waals surface area contributed by atoms with E-state index in [2.05, 4.69) is 32.5 Å². The average Bonchev–Trinajstić information content (AvgIpc) is 3.69. The molecule has 0 aliphatic rings. The second kappa shape index (κ2) is 6.79. The van der Waals surface area contributed by atoms with Crippen molar-refractivity contribution in [2.75, 3.05) is 0 Å². The number of hydrogen-bond donors (Lipinski definition) is 0. The maximum Gasteiger partial charge on any atom is 0.161 e. The minimum absolute atomic E-state index is 0.732. The Hall–Kier alpha value is -4.92. The van der Waals surface area contributed by atoms with E-state index in [1.807, 2.05) is 70.5 Å². The van der Waals surface area contributed by atoms with Crippen LogP contribution in [0.4, 0.5) is 0 Å². The van der Waals surface area contributed by atoms with Crippen LogP contribution in [-0.2, 0) is 0 Å². The van der Waals surface area contributed by atoms with Gasteiger partial charge in [-0.15, -0.1) is 0 Å². The predicted molar refractivity (Wildman–Crippen MR) is 122 cm³/mol. The molecule has 5 heterocycles. The first-order valence-corrected chi connectivity index (χ1v) is 10.4. The van der Waals surface area contributed by atoms with Crippen molar-refractivity contribution < 1.29 is 4.42 Å². The monoisotopic (exact) mass is 432 g/mol. The van der Waals surface area contributed by atoms with E-state index >= 15 is 0 Å². The largest absolute Gasteiger partial charge is 0.451 e. The highest BCUT2D eigenvalue weighted by Gasteiger charge is 2.20. The van der Waals surface area contributed by atoms with Crippen LogP contribution >= 0.6 is 0 Å². The van der Waals surface area contributed by atoms with Crippen molar-refractivity contribution in [3.05, 3.63) is 98.1 Å². The highest BCUT2D eigenvalue weighted by molar-refractivity contribution is 6.11. The second-order valence-corrected chi connectivity index (χ2v) is 7.59. The van der Waals surface area contributed by atoms with Crippen LogP contribution < -0.4 is 0 Å². The van der Waals surface area contributed by atoms with Crippen molar-refractivity contribution in [2.45, 2.75) is 0 Å². The summed E-state index contributed by atoms with van der Waals surface area (Å²) in [5.74, 6) is 0. The summed E-state index contributed by atoms with van der Waals surface area (Å²) < 4.78 is 13.8. The van der Waals surface area contributed by atoms with Crippen LogP contribution in [0.3, 0.4) is 0 Å². The third-order valence-corrected chi connectivity index (χ3v) is 5.64. The molecule has 0 unspecified atom stereocenters. The molecule has 0 spiro atoms. The molecular weight excluding hydrogens is 416 g/mol. The van der Waals surface area contributed by atoms with Crippen LogP contribution in [-0.4, -0.2) is 39.1 Å². The first-order chi connectivity index (χ1) is 16.3. The molecule has 0 aliphatic carbocycles. The van der Waals surface area contributed by atoms with Gasteiger partial charge in [-0.1, -0.05) is 0 Å². The standard InChI is InChI=1S/C24H16N8O/c1-5-25-29(9-1)17-13-19-20-14-18(30-10-2-6-26-30)16-22(32-12-4-8-28-32)24(20)33-23(19)21(15-17)31-11-3-7-27-31/h1-16H. The third kappa shape index (κ3) is 2.72. The molecule has 9 nitrogen and oxygen atoms in total. The van der Waals surface area contributed by atoms with Gasteiger partial charge in [-0.05, 0) is 48.5 Å². The molecule has 7 aromatic rings. The highest BCUT2D eigenvalue weighted by Crippen LogP contribution is 2.38. The molecule has 0 aliphatic heterocycles. The maximum atomic E-state index is 6.53. The molecule has 0 radical (unpaired) electrons. The van der Waals surface area contributed by atoms with Gasteiger partial charge in [0.1, 0.15) is 11.4 Å². The molecule has 33 heavy (non-hydrogen) atoms. The molecule has 0 bridgehead atoms. The van der Waals surface area contributed by atoms with Crippen LogP contribution in [0.1, 0.15) is 0 Å². The lowest BCUT2D eigenvalue weighted by atomic mass is 10.1. The van der Waals surface area contributed by atoms with Gasteiger partial charge < -0.3 is 4.42 Å². The van der Waals surface area contributed by atoms with Gasteiger partial charge in [0.25, 0.3) is 0 Å². The smallest absolute Gasteiger partial charge is 0.161 e. The average molecular weight is 432 g/mol. The van der Waals surface area contributed by atoms with E-state index in [4.69, 9.17) is 4.42 Å². The second-order valence-electron chi connectivity index (χ2n) is 7.59. The Morgan fingerprint density at radius 1 is 0.485 bits per heavy atom. The van der Waals surface area contributed by atoms with Crippen molar-refractivity contribution in [3.63, 3.8) is 0 Å². The molecule has 0 N–H and O–H groups in total. The fourth-order valence-corrected chi connectivity index (χ4v) is 4.18. The van der Waals surface area contributed by atoms with Crippen molar-refractivity contribution in [2.24, 2.45) is 0 Å². The lowest BCUT2D eigenvalue weighted by Gasteiger charge is -2.08. The van der Waals surface area contributed by atoms with E-state index in [0.717, 1.165) is 44.7 Å². The molecule has 9 heteroatoms. The van der Waals surface area contributed by atoms with Gasteiger partial charge in [0, 0.05) is 60.3 Å². The Morgan fingerprint density at radius 2 is 0.879 bits per heavy atom. The minimum atomic E-state index is 0.732. The zero-order chi connectivity index (χ0) is 21.8. The van der Waals surface area contributed by atoms with Gasteiger partial charge in [0.05, 0.1) is 11.4 Å². The Balaban J connectivity index is 1.62. The van der Waals surface area contributed by atoms with E-state index in [-0.39, 0.29) is 0 Å². The summed E-state index contributed by atoms with van der Waals surface area (Å²) in [5.41, 5.74) is 4.93. The Bertz CT molecular complexity index is 1560. The highest BCUT2D eigenvalue weighted by atomic mass is 16.3. The van der Waals surface area contributed by atoms with Crippen LogP contribution in [0.15, 0.2) is 103 Å². The summed E-state index contributed by atoms with van der Waals surface area (Å²) in [6.45, 7) is 0. The molecule has 0 saturated carbocycles. The lowest BCUT2D eigenvalue weighted by Crippen LogP contribution is -2.00. The number of fused-ring (bicyclic) bond motifs is 3. The first kappa shape index (κ1) is 17.7. The van der Waals surface area contributed by atoms with Gasteiger partial charge in [0.2, 0.25) is 0 Å². The van der Waals surface area contributed by atoms with Gasteiger partial charge in [-0.3, -0.25) is 0 Å². The van der Waals surface area contributed by atoms with Gasteiger partial charge >= 0.3 is 0 Å². The summed E-state index contributed by atoms with van der Waals surface area (Å²) >= 11 is 0. The topological polar surface area (TPSA) is 84.4 Å². The van der Waals surface area contributed by atoms with Gasteiger partial charge in [-0.2, -0.15) is 20.4 Å². The summed E-state index contributed by atoms with van der Waals surface area (Å²) in [5, 5.41) is 19.7.